The highest BCUT2D eigenvalue weighted by Crippen LogP contribution is 1.93. The molecule has 0 saturated carbocycles. The highest BCUT2D eigenvalue weighted by atomic mass is 16.1. The van der Waals surface area contributed by atoms with Crippen LogP contribution in [-0.2, 0) is 4.79 Å². The smallest absolute Gasteiger partial charge is 0.217 e. The molecule has 3 nitrogen and oxygen atoms in total. The summed E-state index contributed by atoms with van der Waals surface area (Å²) in [5.41, 5.74) is 0. The van der Waals surface area contributed by atoms with Crippen LogP contribution in [0.1, 0.15) is 27.2 Å². The Morgan fingerprint density at radius 1 is 1.58 bits per heavy atom. The van der Waals surface area contributed by atoms with Gasteiger partial charge in [0.1, 0.15) is 0 Å². The van der Waals surface area contributed by atoms with Crippen LogP contribution in [0.25, 0.3) is 0 Å². The first-order chi connectivity index (χ1) is 5.56. The lowest BCUT2D eigenvalue weighted by Gasteiger charge is -2.17. The van der Waals surface area contributed by atoms with Crippen LogP contribution in [0.4, 0.5) is 0 Å². The third-order valence-electron chi connectivity index (χ3n) is 1.93. The molecule has 0 spiro atoms. The van der Waals surface area contributed by atoms with Crippen molar-refractivity contribution in [2.24, 2.45) is 0 Å². The molecule has 0 aliphatic carbocycles. The Labute approximate surface area is 75.1 Å². The number of nitrogens with zero attached hydrogens (tertiary/aromatic N) is 1. The van der Waals surface area contributed by atoms with Gasteiger partial charge < -0.3 is 10.2 Å². The highest BCUT2D eigenvalue weighted by Gasteiger charge is 2.03. The normalized spacial score (nSPS) is 13.1. The molecule has 3 heteroatoms. The summed E-state index contributed by atoms with van der Waals surface area (Å²) in [4.78, 5) is 12.9. The summed E-state index contributed by atoms with van der Waals surface area (Å²) in [5, 5.41) is 2.86. The number of amides is 1. The van der Waals surface area contributed by atoms with Crippen LogP contribution in [0, 0.1) is 0 Å². The average molecular weight is 172 g/mol. The lowest BCUT2D eigenvalue weighted by atomic mass is 10.2. The molecule has 1 atom stereocenters. The maximum atomic E-state index is 10.6. The second-order valence-electron chi connectivity index (χ2n) is 3.29. The molecule has 0 bridgehead atoms. The lowest BCUT2D eigenvalue weighted by Crippen LogP contribution is -2.33. The number of rotatable bonds is 5. The summed E-state index contributed by atoms with van der Waals surface area (Å²) in [6, 6.07) is 0.288. The number of nitrogens with one attached hydrogen (secondary N) is 1. The molecule has 0 aromatic carbocycles. The van der Waals surface area contributed by atoms with E-state index in [-0.39, 0.29) is 11.9 Å². The van der Waals surface area contributed by atoms with E-state index in [4.69, 9.17) is 0 Å². The molecule has 0 heterocycles. The summed E-state index contributed by atoms with van der Waals surface area (Å²) in [7, 11) is 2.08. The Morgan fingerprint density at radius 2 is 2.17 bits per heavy atom. The van der Waals surface area contributed by atoms with Gasteiger partial charge in [0, 0.05) is 13.0 Å². The third-order valence-corrected chi connectivity index (χ3v) is 1.93. The van der Waals surface area contributed by atoms with Crippen LogP contribution in [0.3, 0.4) is 0 Å². The fourth-order valence-corrected chi connectivity index (χ4v) is 0.991. The molecular weight excluding hydrogens is 152 g/mol. The largest absolute Gasteiger partial charge is 0.354 e. The van der Waals surface area contributed by atoms with Gasteiger partial charge in [-0.2, -0.15) is 0 Å². The molecule has 0 radical (unpaired) electrons. The van der Waals surface area contributed by atoms with Crippen LogP contribution in [0.5, 0.6) is 0 Å². The zero-order valence-corrected chi connectivity index (χ0v) is 8.55. The second kappa shape index (κ2) is 6.00. The predicted octanol–water partition coefficient (Wildman–Crippen LogP) is 0.853. The zero-order chi connectivity index (χ0) is 9.56. The molecule has 0 aliphatic rings. The van der Waals surface area contributed by atoms with Crippen molar-refractivity contribution in [3.63, 3.8) is 0 Å². The zero-order valence-electron chi connectivity index (χ0n) is 8.55. The molecule has 72 valence electrons. The van der Waals surface area contributed by atoms with Crippen LogP contribution in [-0.4, -0.2) is 37.0 Å². The standard InChI is InChI=1S/C9H20N2O/c1-5-11(4)7-6-8(2)10-9(3)12/h8H,5-7H2,1-4H3,(H,10,12). The first-order valence-electron chi connectivity index (χ1n) is 4.52. The van der Waals surface area contributed by atoms with Crippen molar-refractivity contribution in [3.8, 4) is 0 Å². The van der Waals surface area contributed by atoms with Crippen molar-refractivity contribution in [2.75, 3.05) is 20.1 Å². The fourth-order valence-electron chi connectivity index (χ4n) is 0.991. The summed E-state index contributed by atoms with van der Waals surface area (Å²) in [6.07, 6.45) is 1.02. The van der Waals surface area contributed by atoms with Crippen LogP contribution in [0.15, 0.2) is 0 Å². The van der Waals surface area contributed by atoms with Gasteiger partial charge >= 0.3 is 0 Å². The van der Waals surface area contributed by atoms with Crippen molar-refractivity contribution in [3.05, 3.63) is 0 Å². The lowest BCUT2D eigenvalue weighted by molar-refractivity contribution is -0.119. The SMILES string of the molecule is CCN(C)CCC(C)NC(C)=O. The van der Waals surface area contributed by atoms with E-state index in [9.17, 15) is 4.79 Å². The molecular formula is C9H20N2O. The maximum Gasteiger partial charge on any atom is 0.217 e. The average Bonchev–Trinajstić information content (AvgIpc) is 1.99. The topological polar surface area (TPSA) is 32.3 Å². The third kappa shape index (κ3) is 6.16. The number of hydrogen-bond acceptors (Lipinski definition) is 2. The van der Waals surface area contributed by atoms with Gasteiger partial charge in [-0.15, -0.1) is 0 Å². The Bertz CT molecular complexity index is 136. The van der Waals surface area contributed by atoms with E-state index in [0.29, 0.717) is 0 Å². The molecule has 0 aromatic rings. The van der Waals surface area contributed by atoms with Gasteiger partial charge in [0.25, 0.3) is 0 Å². The number of hydrogen-bond donors (Lipinski definition) is 1. The van der Waals surface area contributed by atoms with Crippen molar-refractivity contribution >= 4 is 5.91 Å². The van der Waals surface area contributed by atoms with Crippen LogP contribution >= 0.6 is 0 Å². The van der Waals surface area contributed by atoms with E-state index >= 15 is 0 Å². The van der Waals surface area contributed by atoms with E-state index in [1.807, 2.05) is 6.92 Å². The predicted molar refractivity (Wildman–Crippen MR) is 51.1 cm³/mol. The van der Waals surface area contributed by atoms with E-state index in [0.717, 1.165) is 19.5 Å². The minimum absolute atomic E-state index is 0.0571. The van der Waals surface area contributed by atoms with E-state index < -0.39 is 0 Å². The van der Waals surface area contributed by atoms with Crippen molar-refractivity contribution < 1.29 is 4.79 Å². The molecule has 1 unspecified atom stereocenters. The highest BCUT2D eigenvalue weighted by molar-refractivity contribution is 5.73. The molecule has 0 aromatic heterocycles. The van der Waals surface area contributed by atoms with E-state index in [1.165, 1.54) is 0 Å². The Hall–Kier alpha value is -0.570. The van der Waals surface area contributed by atoms with Gasteiger partial charge in [-0.1, -0.05) is 6.92 Å². The first kappa shape index (κ1) is 11.4. The van der Waals surface area contributed by atoms with E-state index in [2.05, 4.69) is 24.2 Å². The Morgan fingerprint density at radius 3 is 2.58 bits per heavy atom. The van der Waals surface area contributed by atoms with Crippen LogP contribution in [0.2, 0.25) is 0 Å². The monoisotopic (exact) mass is 172 g/mol. The number of carbonyl (C=O) groups is 1. The molecule has 12 heavy (non-hydrogen) atoms. The fraction of sp³-hybridized carbons (Fsp3) is 0.889. The minimum Gasteiger partial charge on any atom is -0.354 e. The van der Waals surface area contributed by atoms with Crippen molar-refractivity contribution in [1.82, 2.24) is 10.2 Å². The van der Waals surface area contributed by atoms with E-state index in [1.54, 1.807) is 6.92 Å². The second-order valence-corrected chi connectivity index (χ2v) is 3.29. The molecule has 0 aliphatic heterocycles. The van der Waals surface area contributed by atoms with Gasteiger partial charge in [-0.25, -0.2) is 0 Å². The van der Waals surface area contributed by atoms with Gasteiger partial charge in [-0.05, 0) is 33.5 Å². The maximum absolute atomic E-state index is 10.6. The summed E-state index contributed by atoms with van der Waals surface area (Å²) >= 11 is 0. The molecule has 0 fully saturated rings. The molecule has 1 amide bonds. The summed E-state index contributed by atoms with van der Waals surface area (Å²) in [6.45, 7) is 7.82. The van der Waals surface area contributed by atoms with Gasteiger partial charge in [0.05, 0.1) is 0 Å². The minimum atomic E-state index is 0.0571. The van der Waals surface area contributed by atoms with Gasteiger partial charge in [-0.3, -0.25) is 4.79 Å². The first-order valence-corrected chi connectivity index (χ1v) is 4.52. The van der Waals surface area contributed by atoms with Crippen LogP contribution < -0.4 is 5.32 Å². The number of carbonyl (C=O) groups excluding carboxylic acids is 1. The molecule has 1 N–H and O–H groups in total. The Kier molecular flexibility index (Phi) is 5.72. The van der Waals surface area contributed by atoms with Gasteiger partial charge in [0.15, 0.2) is 0 Å². The summed E-state index contributed by atoms with van der Waals surface area (Å²) < 4.78 is 0. The molecule has 0 saturated heterocycles. The Balaban J connectivity index is 3.43. The summed E-state index contributed by atoms with van der Waals surface area (Å²) in [5.74, 6) is 0.0571. The molecule has 0 rings (SSSR count). The quantitative estimate of drug-likeness (QED) is 0.667. The van der Waals surface area contributed by atoms with Gasteiger partial charge in [0.2, 0.25) is 5.91 Å². The van der Waals surface area contributed by atoms with Crippen molar-refractivity contribution in [2.45, 2.75) is 33.2 Å². The van der Waals surface area contributed by atoms with Crippen molar-refractivity contribution in [1.29, 1.82) is 0 Å².